The Hall–Kier alpha value is -1.82. The zero-order valence-corrected chi connectivity index (χ0v) is 10.6. The molecule has 0 aliphatic heterocycles. The number of carbonyl (C=O) groups excluding carboxylic acids is 1. The van der Waals surface area contributed by atoms with Crippen LogP contribution in [0.25, 0.3) is 0 Å². The monoisotopic (exact) mass is 253 g/mol. The second-order valence-electron chi connectivity index (χ2n) is 3.20. The van der Waals surface area contributed by atoms with Gasteiger partial charge in [0, 0.05) is 6.92 Å². The highest BCUT2D eigenvalue weighted by molar-refractivity contribution is 7.80. The Balaban J connectivity index is 2.70. The number of rotatable bonds is 4. The summed E-state index contributed by atoms with van der Waals surface area (Å²) in [5.74, 6) is -0.174. The fraction of sp³-hybridized carbons (Fsp3) is 0.273. The number of thiocarbonyl (C=S) groups is 1. The molecule has 1 amide bonds. The summed E-state index contributed by atoms with van der Waals surface area (Å²) in [4.78, 5) is 10.8. The molecule has 0 unspecified atom stereocenters. The summed E-state index contributed by atoms with van der Waals surface area (Å²) in [6, 6.07) is 7.34. The van der Waals surface area contributed by atoms with Gasteiger partial charge < -0.3 is 10.1 Å². The molecule has 0 spiro atoms. The van der Waals surface area contributed by atoms with Crippen molar-refractivity contribution in [3.63, 3.8) is 0 Å². The lowest BCUT2D eigenvalue weighted by Gasteiger charge is -2.14. The minimum Gasteiger partial charge on any atom is -0.471 e. The molecule has 0 aromatic heterocycles. The molecular formula is C11H15N3O2S. The summed E-state index contributed by atoms with van der Waals surface area (Å²) in [6.07, 6.45) is 0. The van der Waals surface area contributed by atoms with E-state index in [1.807, 2.05) is 31.2 Å². The van der Waals surface area contributed by atoms with Crippen LogP contribution in [0.2, 0.25) is 0 Å². The average Bonchev–Trinajstić information content (AvgIpc) is 2.28. The van der Waals surface area contributed by atoms with Gasteiger partial charge in [0.2, 0.25) is 5.91 Å². The first-order valence-corrected chi connectivity index (χ1v) is 5.59. The van der Waals surface area contributed by atoms with E-state index in [4.69, 9.17) is 17.0 Å². The quantitative estimate of drug-likeness (QED) is 0.565. The van der Waals surface area contributed by atoms with Crippen LogP contribution in [0.15, 0.2) is 24.3 Å². The van der Waals surface area contributed by atoms with E-state index in [2.05, 4.69) is 16.2 Å². The zero-order valence-electron chi connectivity index (χ0n) is 9.74. The number of hydrogen-bond donors (Lipinski definition) is 3. The van der Waals surface area contributed by atoms with Crippen LogP contribution in [0, 0.1) is 0 Å². The standard InChI is InChI=1S/C11H15N3O2S/c1-3-16-11(17)12-9-6-4-5-7-10(9)14-13-8(2)15/h4-7,14H,3H2,1-2H3,(H,12,17)(H,13,15). The Bertz CT molecular complexity index is 409. The molecule has 6 heteroatoms. The van der Waals surface area contributed by atoms with Gasteiger partial charge in [0.1, 0.15) is 0 Å². The van der Waals surface area contributed by atoms with Crippen molar-refractivity contribution >= 4 is 34.7 Å². The van der Waals surface area contributed by atoms with Crippen molar-refractivity contribution < 1.29 is 9.53 Å². The first kappa shape index (κ1) is 13.2. The van der Waals surface area contributed by atoms with Gasteiger partial charge in [-0.2, -0.15) is 0 Å². The predicted octanol–water partition coefficient (Wildman–Crippen LogP) is 1.88. The molecule has 5 nitrogen and oxygen atoms in total. The summed E-state index contributed by atoms with van der Waals surface area (Å²) in [6.45, 7) is 3.79. The molecule has 1 rings (SSSR count). The maximum absolute atomic E-state index is 10.8. The highest BCUT2D eigenvalue weighted by Gasteiger charge is 2.03. The molecule has 0 aliphatic carbocycles. The number of hydrogen-bond acceptors (Lipinski definition) is 4. The van der Waals surface area contributed by atoms with Crippen LogP contribution < -0.4 is 16.2 Å². The van der Waals surface area contributed by atoms with Gasteiger partial charge in [0.25, 0.3) is 5.17 Å². The molecule has 0 saturated carbocycles. The third-order valence-electron chi connectivity index (χ3n) is 1.81. The molecule has 0 heterocycles. The van der Waals surface area contributed by atoms with Gasteiger partial charge in [0.05, 0.1) is 18.0 Å². The Morgan fingerprint density at radius 1 is 1.35 bits per heavy atom. The molecule has 0 bridgehead atoms. The number of para-hydroxylation sites is 2. The summed E-state index contributed by atoms with van der Waals surface area (Å²) in [7, 11) is 0. The molecule has 1 aromatic rings. The number of hydrazine groups is 1. The SMILES string of the molecule is CCOC(=S)Nc1ccccc1NNC(C)=O. The molecule has 0 atom stereocenters. The normalized spacial score (nSPS) is 9.29. The van der Waals surface area contributed by atoms with Crippen LogP contribution >= 0.6 is 12.2 Å². The van der Waals surface area contributed by atoms with Crippen molar-refractivity contribution in [3.8, 4) is 0 Å². The molecule has 1 aromatic carbocycles. The van der Waals surface area contributed by atoms with Gasteiger partial charge in [0.15, 0.2) is 0 Å². The van der Waals surface area contributed by atoms with E-state index < -0.39 is 0 Å². The first-order chi connectivity index (χ1) is 8.13. The highest BCUT2D eigenvalue weighted by Crippen LogP contribution is 2.20. The summed E-state index contributed by atoms with van der Waals surface area (Å²) >= 11 is 4.98. The third kappa shape index (κ3) is 4.69. The van der Waals surface area contributed by atoms with E-state index in [1.165, 1.54) is 6.92 Å². The summed E-state index contributed by atoms with van der Waals surface area (Å²) < 4.78 is 5.13. The zero-order chi connectivity index (χ0) is 12.7. The van der Waals surface area contributed by atoms with E-state index in [-0.39, 0.29) is 5.91 Å². The van der Waals surface area contributed by atoms with E-state index >= 15 is 0 Å². The van der Waals surface area contributed by atoms with Crippen molar-refractivity contribution in [1.82, 2.24) is 5.43 Å². The number of benzene rings is 1. The number of carbonyl (C=O) groups is 1. The molecule has 92 valence electrons. The summed E-state index contributed by atoms with van der Waals surface area (Å²) in [5.41, 5.74) is 6.73. The molecule has 3 N–H and O–H groups in total. The summed E-state index contributed by atoms with van der Waals surface area (Å²) in [5, 5.41) is 3.23. The Labute approximate surface area is 106 Å². The molecule has 0 aliphatic rings. The smallest absolute Gasteiger partial charge is 0.261 e. The van der Waals surface area contributed by atoms with Crippen LogP contribution in [0.5, 0.6) is 0 Å². The van der Waals surface area contributed by atoms with Gasteiger partial charge in [-0.1, -0.05) is 12.1 Å². The molecule has 0 fully saturated rings. The van der Waals surface area contributed by atoms with E-state index in [1.54, 1.807) is 0 Å². The fourth-order valence-corrected chi connectivity index (χ4v) is 1.36. The van der Waals surface area contributed by atoms with Gasteiger partial charge in [-0.05, 0) is 31.3 Å². The minimum atomic E-state index is -0.174. The van der Waals surface area contributed by atoms with Gasteiger partial charge in [-0.3, -0.25) is 15.6 Å². The Morgan fingerprint density at radius 2 is 2.00 bits per heavy atom. The lowest BCUT2D eigenvalue weighted by Crippen LogP contribution is -2.27. The maximum atomic E-state index is 10.8. The van der Waals surface area contributed by atoms with E-state index in [0.717, 1.165) is 5.69 Å². The molecule has 0 radical (unpaired) electrons. The molecule has 0 saturated heterocycles. The van der Waals surface area contributed by atoms with E-state index in [0.29, 0.717) is 17.5 Å². The van der Waals surface area contributed by atoms with Crippen molar-refractivity contribution in [2.75, 3.05) is 17.3 Å². The predicted molar refractivity (Wildman–Crippen MR) is 71.7 cm³/mol. The Kier molecular flexibility index (Phi) is 5.22. The van der Waals surface area contributed by atoms with Gasteiger partial charge in [-0.15, -0.1) is 0 Å². The lowest BCUT2D eigenvalue weighted by molar-refractivity contribution is -0.118. The van der Waals surface area contributed by atoms with Crippen LogP contribution in [0.4, 0.5) is 11.4 Å². The largest absolute Gasteiger partial charge is 0.471 e. The first-order valence-electron chi connectivity index (χ1n) is 5.19. The number of anilines is 2. The van der Waals surface area contributed by atoms with Crippen molar-refractivity contribution in [2.45, 2.75) is 13.8 Å². The molecule has 17 heavy (non-hydrogen) atoms. The topological polar surface area (TPSA) is 62.4 Å². The van der Waals surface area contributed by atoms with Gasteiger partial charge in [-0.25, -0.2) is 0 Å². The second kappa shape index (κ2) is 6.70. The Morgan fingerprint density at radius 3 is 2.59 bits per heavy atom. The minimum absolute atomic E-state index is 0.174. The maximum Gasteiger partial charge on any atom is 0.261 e. The fourth-order valence-electron chi connectivity index (χ4n) is 1.13. The average molecular weight is 253 g/mol. The van der Waals surface area contributed by atoms with Crippen molar-refractivity contribution in [3.05, 3.63) is 24.3 Å². The number of amides is 1. The number of ether oxygens (including phenoxy) is 1. The lowest BCUT2D eigenvalue weighted by atomic mass is 10.3. The van der Waals surface area contributed by atoms with E-state index in [9.17, 15) is 4.79 Å². The molecular weight excluding hydrogens is 238 g/mol. The van der Waals surface area contributed by atoms with Crippen molar-refractivity contribution in [1.29, 1.82) is 0 Å². The van der Waals surface area contributed by atoms with Crippen LogP contribution in [-0.2, 0) is 9.53 Å². The van der Waals surface area contributed by atoms with Gasteiger partial charge >= 0.3 is 0 Å². The van der Waals surface area contributed by atoms with Crippen LogP contribution in [0.1, 0.15) is 13.8 Å². The highest BCUT2D eigenvalue weighted by atomic mass is 32.1. The van der Waals surface area contributed by atoms with Crippen molar-refractivity contribution in [2.24, 2.45) is 0 Å². The second-order valence-corrected chi connectivity index (χ2v) is 3.57. The van der Waals surface area contributed by atoms with Crippen LogP contribution in [0.3, 0.4) is 0 Å². The third-order valence-corrected chi connectivity index (χ3v) is 2.03. The van der Waals surface area contributed by atoms with Crippen LogP contribution in [-0.4, -0.2) is 17.7 Å². The number of nitrogens with one attached hydrogen (secondary N) is 3.